The number of rotatable bonds is 4. The van der Waals surface area contributed by atoms with Crippen molar-refractivity contribution >= 4 is 52.5 Å². The first-order chi connectivity index (χ1) is 15.4. The van der Waals surface area contributed by atoms with E-state index in [2.05, 4.69) is 5.32 Å². The van der Waals surface area contributed by atoms with E-state index in [1.165, 1.54) is 18.1 Å². The van der Waals surface area contributed by atoms with Crippen LogP contribution in [-0.2, 0) is 14.3 Å². The van der Waals surface area contributed by atoms with Crippen molar-refractivity contribution in [3.8, 4) is 0 Å². The lowest BCUT2D eigenvalue weighted by Gasteiger charge is -2.37. The van der Waals surface area contributed by atoms with Gasteiger partial charge in [-0.25, -0.2) is 9.18 Å². The van der Waals surface area contributed by atoms with Gasteiger partial charge in [-0.3, -0.25) is 19.9 Å². The molecule has 0 radical (unpaired) electrons. The van der Waals surface area contributed by atoms with E-state index in [-0.39, 0.29) is 23.7 Å². The Hall–Kier alpha value is -2.31. The number of carbonyl (C=O) groups is 2. The number of cyclic esters (lactones) is 1. The molecule has 0 saturated carbocycles. The topological polar surface area (TPSA) is 77.6 Å². The number of amides is 2. The maximum atomic E-state index is 15.0. The molecule has 0 aliphatic carbocycles. The smallest absolute Gasteiger partial charge is 0.416 e. The van der Waals surface area contributed by atoms with Crippen LogP contribution in [0.3, 0.4) is 0 Å². The number of thioether (sulfide) groups is 1. The Labute approximate surface area is 195 Å². The third-order valence-electron chi connectivity index (χ3n) is 5.88. The monoisotopic (exact) mass is 483 g/mol. The first-order valence-corrected chi connectivity index (χ1v) is 11.9. The molecular weight excluding hydrogens is 457 g/mol. The van der Waals surface area contributed by atoms with Crippen LogP contribution in [0.1, 0.15) is 0 Å². The van der Waals surface area contributed by atoms with Gasteiger partial charge in [-0.1, -0.05) is 0 Å². The summed E-state index contributed by atoms with van der Waals surface area (Å²) in [5.74, 6) is 1.29. The molecule has 32 heavy (non-hydrogen) atoms. The molecule has 2 amide bonds. The zero-order valence-corrected chi connectivity index (χ0v) is 19.6. The van der Waals surface area contributed by atoms with E-state index in [1.54, 1.807) is 35.8 Å². The van der Waals surface area contributed by atoms with E-state index in [9.17, 15) is 14.0 Å². The van der Waals surface area contributed by atoms with Crippen LogP contribution in [0.2, 0.25) is 0 Å². The molecule has 2 atom stereocenters. The molecule has 3 fully saturated rings. The van der Waals surface area contributed by atoms with Crippen molar-refractivity contribution in [2.75, 3.05) is 68.3 Å². The predicted molar refractivity (Wildman–Crippen MR) is 124 cm³/mol. The average Bonchev–Trinajstić information content (AvgIpc) is 3.48. The standard InChI is InChI=1S/C20H26FN5O4S2/c1-23(20(31)29-2)17-10-26(19(28)30-17)13-3-4-16(14(21)9-13)24-5-7-25(8-6-24)18(27)15-11-32-12-22-15/h3-4,9,15,17,22H,5-8,10-12H2,1-2H3/t15-,17-/m0/s1. The number of piperazine rings is 1. The summed E-state index contributed by atoms with van der Waals surface area (Å²) in [6.45, 7) is 2.40. The lowest BCUT2D eigenvalue weighted by molar-refractivity contribution is -0.132. The number of ether oxygens (including phenoxy) is 2. The molecule has 1 aromatic carbocycles. The minimum absolute atomic E-state index is 0.116. The summed E-state index contributed by atoms with van der Waals surface area (Å²) in [5, 5.41) is 3.40. The molecule has 3 heterocycles. The third-order valence-corrected chi connectivity index (χ3v) is 7.27. The van der Waals surface area contributed by atoms with E-state index in [4.69, 9.17) is 21.7 Å². The maximum absolute atomic E-state index is 15.0. The number of nitrogens with zero attached hydrogens (tertiary/aromatic N) is 4. The molecule has 0 bridgehead atoms. The number of carbonyl (C=O) groups excluding carboxylic acids is 2. The molecule has 1 N–H and O–H groups in total. The Morgan fingerprint density at radius 2 is 2.09 bits per heavy atom. The second-order valence-electron chi connectivity index (χ2n) is 7.75. The number of benzene rings is 1. The van der Waals surface area contributed by atoms with Crippen LogP contribution in [0.15, 0.2) is 18.2 Å². The van der Waals surface area contributed by atoms with Gasteiger partial charge < -0.3 is 19.3 Å². The summed E-state index contributed by atoms with van der Waals surface area (Å²) in [6.07, 6.45) is -1.19. The van der Waals surface area contributed by atoms with Crippen molar-refractivity contribution in [3.63, 3.8) is 0 Å². The third kappa shape index (κ3) is 4.57. The molecule has 3 aliphatic rings. The Morgan fingerprint density at radius 1 is 1.34 bits per heavy atom. The number of halogens is 1. The van der Waals surface area contributed by atoms with Gasteiger partial charge in [0.05, 0.1) is 31.1 Å². The normalized spacial score (nSPS) is 23.3. The van der Waals surface area contributed by atoms with Gasteiger partial charge in [0.2, 0.25) is 5.91 Å². The average molecular weight is 484 g/mol. The predicted octanol–water partition coefficient (Wildman–Crippen LogP) is 1.28. The molecular formula is C20H26FN5O4S2. The lowest BCUT2D eigenvalue weighted by Crippen LogP contribution is -2.53. The molecule has 3 aliphatic heterocycles. The number of thiocarbonyl (C=S) groups is 1. The molecule has 0 unspecified atom stereocenters. The molecule has 0 aromatic heterocycles. The van der Waals surface area contributed by atoms with E-state index >= 15 is 0 Å². The number of anilines is 2. The van der Waals surface area contributed by atoms with Gasteiger partial charge >= 0.3 is 6.09 Å². The minimum Gasteiger partial charge on any atom is -0.474 e. The Morgan fingerprint density at radius 3 is 2.72 bits per heavy atom. The highest BCUT2D eigenvalue weighted by atomic mass is 32.2. The number of hydrogen-bond donors (Lipinski definition) is 1. The molecule has 1 aromatic rings. The minimum atomic E-state index is -0.615. The van der Waals surface area contributed by atoms with Gasteiger partial charge in [-0.15, -0.1) is 11.8 Å². The Kier molecular flexibility index (Phi) is 6.91. The Balaban J connectivity index is 1.38. The first kappa shape index (κ1) is 22.9. The van der Waals surface area contributed by atoms with Gasteiger partial charge in [0.25, 0.3) is 5.17 Å². The second kappa shape index (κ2) is 9.67. The summed E-state index contributed by atoms with van der Waals surface area (Å²) < 4.78 is 25.3. The molecule has 0 spiro atoms. The van der Waals surface area contributed by atoms with Gasteiger partial charge in [-0.05, 0) is 30.4 Å². The van der Waals surface area contributed by atoms with Crippen LogP contribution in [0, 0.1) is 5.82 Å². The second-order valence-corrected chi connectivity index (χ2v) is 9.13. The van der Waals surface area contributed by atoms with Gasteiger partial charge in [0, 0.05) is 44.9 Å². The first-order valence-electron chi connectivity index (χ1n) is 10.3. The fourth-order valence-electron chi connectivity index (χ4n) is 3.98. The summed E-state index contributed by atoms with van der Waals surface area (Å²) in [4.78, 5) is 31.6. The van der Waals surface area contributed by atoms with Crippen molar-refractivity contribution in [2.45, 2.75) is 12.3 Å². The number of nitrogens with one attached hydrogen (secondary N) is 1. The summed E-state index contributed by atoms with van der Waals surface area (Å²) >= 11 is 6.79. The van der Waals surface area contributed by atoms with Crippen LogP contribution >= 0.6 is 24.0 Å². The molecule has 174 valence electrons. The van der Waals surface area contributed by atoms with Crippen LogP contribution in [-0.4, -0.2) is 97.8 Å². The maximum Gasteiger partial charge on any atom is 0.416 e. The summed E-state index contributed by atoms with van der Waals surface area (Å²) in [7, 11) is 3.12. The summed E-state index contributed by atoms with van der Waals surface area (Å²) in [5.41, 5.74) is 0.867. The fraction of sp³-hybridized carbons (Fsp3) is 0.550. The van der Waals surface area contributed by atoms with E-state index in [0.29, 0.717) is 37.6 Å². The molecule has 9 nitrogen and oxygen atoms in total. The highest BCUT2D eigenvalue weighted by molar-refractivity contribution is 7.99. The van der Waals surface area contributed by atoms with Crippen molar-refractivity contribution in [1.82, 2.24) is 15.1 Å². The molecule has 3 saturated heterocycles. The van der Waals surface area contributed by atoms with Gasteiger partial charge in [-0.2, -0.15) is 0 Å². The largest absolute Gasteiger partial charge is 0.474 e. The van der Waals surface area contributed by atoms with Crippen LogP contribution in [0.5, 0.6) is 0 Å². The lowest BCUT2D eigenvalue weighted by atomic mass is 10.2. The SMILES string of the molecule is COC(=S)N(C)[C@@H]1CN(c2ccc(N3CCN(C(=O)[C@@H]4CSCN4)CC3)c(F)c2)C(=O)O1. The van der Waals surface area contributed by atoms with Crippen molar-refractivity contribution < 1.29 is 23.5 Å². The van der Waals surface area contributed by atoms with Gasteiger partial charge in [0.1, 0.15) is 5.82 Å². The van der Waals surface area contributed by atoms with Gasteiger partial charge in [0.15, 0.2) is 6.23 Å². The zero-order chi connectivity index (χ0) is 22.8. The zero-order valence-electron chi connectivity index (χ0n) is 18.0. The number of likely N-dealkylation sites (N-methyl/N-ethyl adjacent to an activating group) is 1. The number of methoxy groups -OCH3 is 1. The van der Waals surface area contributed by atoms with Crippen molar-refractivity contribution in [2.24, 2.45) is 0 Å². The fourth-order valence-corrected chi connectivity index (χ4v) is 5.03. The van der Waals surface area contributed by atoms with E-state index in [1.807, 2.05) is 9.80 Å². The highest BCUT2D eigenvalue weighted by Crippen LogP contribution is 2.29. The van der Waals surface area contributed by atoms with Crippen LogP contribution in [0.4, 0.5) is 20.6 Å². The highest BCUT2D eigenvalue weighted by Gasteiger charge is 2.37. The summed E-state index contributed by atoms with van der Waals surface area (Å²) in [6, 6.07) is 4.59. The quantitative estimate of drug-likeness (QED) is 0.638. The van der Waals surface area contributed by atoms with Crippen molar-refractivity contribution in [3.05, 3.63) is 24.0 Å². The molecule has 12 heteroatoms. The Bertz CT molecular complexity index is 893. The van der Waals surface area contributed by atoms with Crippen molar-refractivity contribution in [1.29, 1.82) is 0 Å². The van der Waals surface area contributed by atoms with Crippen LogP contribution in [0.25, 0.3) is 0 Å². The van der Waals surface area contributed by atoms with Crippen LogP contribution < -0.4 is 15.1 Å². The van der Waals surface area contributed by atoms with E-state index in [0.717, 1.165) is 11.6 Å². The molecule has 4 rings (SSSR count). The van der Waals surface area contributed by atoms with E-state index < -0.39 is 18.1 Å². The number of hydrogen-bond acceptors (Lipinski definition) is 8.